The highest BCUT2D eigenvalue weighted by atomic mass is 79.9. The molecule has 1 N–H and O–H groups in total. The summed E-state index contributed by atoms with van der Waals surface area (Å²) in [4.78, 5) is 23.5. The van der Waals surface area contributed by atoms with E-state index >= 15 is 0 Å². The molecular formula is C13H14BrN3O4S. The van der Waals surface area contributed by atoms with E-state index < -0.39 is 26.2 Å². The molecule has 118 valence electrons. The fraction of sp³-hybridized carbons (Fsp3) is 0.231. The SMILES string of the molecule is Cc1c(S(=O)(=O)Nc2ccc(Br)cc2)c(=O)n(C)c(=O)n1C. The quantitative estimate of drug-likeness (QED) is 0.848. The highest BCUT2D eigenvalue weighted by Crippen LogP contribution is 2.18. The van der Waals surface area contributed by atoms with E-state index in [1.54, 1.807) is 24.3 Å². The van der Waals surface area contributed by atoms with Crippen LogP contribution >= 0.6 is 15.9 Å². The molecule has 0 atom stereocenters. The summed E-state index contributed by atoms with van der Waals surface area (Å²) >= 11 is 3.25. The van der Waals surface area contributed by atoms with E-state index in [1.807, 2.05) is 0 Å². The van der Waals surface area contributed by atoms with Crippen molar-refractivity contribution in [3.63, 3.8) is 0 Å². The maximum absolute atomic E-state index is 12.5. The van der Waals surface area contributed by atoms with E-state index in [1.165, 1.54) is 21.0 Å². The molecule has 1 aromatic heterocycles. The number of aromatic nitrogens is 2. The summed E-state index contributed by atoms with van der Waals surface area (Å²) in [6, 6.07) is 6.46. The van der Waals surface area contributed by atoms with Crippen LogP contribution in [0.4, 0.5) is 5.69 Å². The summed E-state index contributed by atoms with van der Waals surface area (Å²) in [6.45, 7) is 1.42. The molecule has 0 spiro atoms. The molecule has 0 bridgehead atoms. The second-order valence-corrected chi connectivity index (χ2v) is 7.27. The summed E-state index contributed by atoms with van der Waals surface area (Å²) < 4.78 is 30.0. The van der Waals surface area contributed by atoms with Crippen LogP contribution in [-0.4, -0.2) is 17.6 Å². The summed E-state index contributed by atoms with van der Waals surface area (Å²) in [6.07, 6.45) is 0. The van der Waals surface area contributed by atoms with Crippen molar-refractivity contribution in [3.05, 3.63) is 55.3 Å². The average molecular weight is 388 g/mol. The van der Waals surface area contributed by atoms with Gasteiger partial charge in [-0.25, -0.2) is 13.2 Å². The molecule has 7 nitrogen and oxygen atoms in total. The van der Waals surface area contributed by atoms with Gasteiger partial charge < -0.3 is 0 Å². The van der Waals surface area contributed by atoms with E-state index in [0.29, 0.717) is 5.69 Å². The van der Waals surface area contributed by atoms with Crippen LogP contribution < -0.4 is 16.0 Å². The monoisotopic (exact) mass is 387 g/mol. The maximum atomic E-state index is 12.5. The van der Waals surface area contributed by atoms with Gasteiger partial charge in [-0.1, -0.05) is 15.9 Å². The van der Waals surface area contributed by atoms with Gasteiger partial charge in [0, 0.05) is 29.9 Å². The molecule has 0 radical (unpaired) electrons. The lowest BCUT2D eigenvalue weighted by atomic mass is 10.3. The highest BCUT2D eigenvalue weighted by Gasteiger charge is 2.25. The van der Waals surface area contributed by atoms with Gasteiger partial charge in [-0.15, -0.1) is 0 Å². The van der Waals surface area contributed by atoms with Crippen molar-refractivity contribution in [2.75, 3.05) is 4.72 Å². The number of anilines is 1. The fourth-order valence-electron chi connectivity index (χ4n) is 1.95. The molecule has 0 aliphatic carbocycles. The van der Waals surface area contributed by atoms with Crippen LogP contribution in [0.2, 0.25) is 0 Å². The van der Waals surface area contributed by atoms with Crippen molar-refractivity contribution in [1.29, 1.82) is 0 Å². The van der Waals surface area contributed by atoms with Crippen LogP contribution in [0, 0.1) is 6.92 Å². The number of benzene rings is 1. The number of hydrogen-bond donors (Lipinski definition) is 1. The number of sulfonamides is 1. The second-order valence-electron chi connectivity index (χ2n) is 4.73. The van der Waals surface area contributed by atoms with E-state index in [9.17, 15) is 18.0 Å². The summed E-state index contributed by atoms with van der Waals surface area (Å²) in [5.41, 5.74) is -1.04. The minimum absolute atomic E-state index is 0.0812. The lowest BCUT2D eigenvalue weighted by Crippen LogP contribution is -2.42. The minimum Gasteiger partial charge on any atom is -0.300 e. The first-order valence-corrected chi connectivity index (χ1v) is 8.48. The van der Waals surface area contributed by atoms with Gasteiger partial charge in [0.2, 0.25) is 0 Å². The van der Waals surface area contributed by atoms with Gasteiger partial charge in [-0.2, -0.15) is 0 Å². The Balaban J connectivity index is 2.62. The number of halogens is 1. The molecule has 2 rings (SSSR count). The van der Waals surface area contributed by atoms with Crippen molar-refractivity contribution < 1.29 is 8.42 Å². The van der Waals surface area contributed by atoms with Crippen molar-refractivity contribution in [2.24, 2.45) is 14.1 Å². The first kappa shape index (κ1) is 16.5. The first-order valence-electron chi connectivity index (χ1n) is 6.20. The molecule has 0 aliphatic heterocycles. The number of nitrogens with zero attached hydrogens (tertiary/aromatic N) is 2. The van der Waals surface area contributed by atoms with E-state index in [0.717, 1.165) is 13.6 Å². The lowest BCUT2D eigenvalue weighted by Gasteiger charge is -2.13. The number of hydrogen-bond acceptors (Lipinski definition) is 4. The molecule has 9 heteroatoms. The molecule has 2 aromatic rings. The zero-order valence-corrected chi connectivity index (χ0v) is 14.5. The minimum atomic E-state index is -4.11. The average Bonchev–Trinajstić information content (AvgIpc) is 2.45. The van der Waals surface area contributed by atoms with Gasteiger partial charge in [0.1, 0.15) is 0 Å². The van der Waals surface area contributed by atoms with Crippen molar-refractivity contribution in [2.45, 2.75) is 11.8 Å². The predicted molar refractivity (Wildman–Crippen MR) is 86.6 cm³/mol. The zero-order valence-electron chi connectivity index (χ0n) is 12.1. The zero-order chi connectivity index (χ0) is 16.7. The Morgan fingerprint density at radius 1 is 1.05 bits per heavy atom. The van der Waals surface area contributed by atoms with E-state index in [2.05, 4.69) is 20.7 Å². The lowest BCUT2D eigenvalue weighted by molar-refractivity contribution is 0.583. The molecule has 22 heavy (non-hydrogen) atoms. The summed E-state index contributed by atoms with van der Waals surface area (Å²) in [5, 5.41) is 0. The van der Waals surface area contributed by atoms with Gasteiger partial charge in [-0.05, 0) is 31.2 Å². The number of rotatable bonds is 3. The third-order valence-electron chi connectivity index (χ3n) is 3.27. The molecule has 1 heterocycles. The Bertz CT molecular complexity index is 943. The van der Waals surface area contributed by atoms with Crippen LogP contribution in [-0.2, 0) is 24.1 Å². The smallest absolute Gasteiger partial charge is 0.300 e. The standard InChI is InChI=1S/C13H14BrN3O4S/c1-8-11(12(18)17(3)13(19)16(8)2)22(20,21)15-10-6-4-9(14)5-7-10/h4-7,15H,1-3H3. The van der Waals surface area contributed by atoms with E-state index in [-0.39, 0.29) is 5.69 Å². The third kappa shape index (κ3) is 2.86. The molecule has 0 saturated carbocycles. The molecule has 0 unspecified atom stereocenters. The molecule has 0 saturated heterocycles. The number of nitrogens with one attached hydrogen (secondary N) is 1. The predicted octanol–water partition coefficient (Wildman–Crippen LogP) is 0.956. The van der Waals surface area contributed by atoms with Gasteiger partial charge in [0.25, 0.3) is 15.6 Å². The first-order chi connectivity index (χ1) is 10.1. The Labute approximate surface area is 135 Å². The summed E-state index contributed by atoms with van der Waals surface area (Å²) in [7, 11) is -1.46. The van der Waals surface area contributed by atoms with Crippen molar-refractivity contribution in [3.8, 4) is 0 Å². The van der Waals surface area contributed by atoms with Crippen molar-refractivity contribution in [1.82, 2.24) is 9.13 Å². The Hall–Kier alpha value is -1.87. The van der Waals surface area contributed by atoms with Gasteiger partial charge >= 0.3 is 5.69 Å². The second kappa shape index (κ2) is 5.73. The van der Waals surface area contributed by atoms with Crippen molar-refractivity contribution >= 4 is 31.6 Å². The third-order valence-corrected chi connectivity index (χ3v) is 5.31. The Morgan fingerprint density at radius 2 is 1.59 bits per heavy atom. The van der Waals surface area contributed by atoms with Crippen LogP contribution in [0.3, 0.4) is 0 Å². The Morgan fingerprint density at radius 3 is 2.14 bits per heavy atom. The molecule has 0 amide bonds. The fourth-order valence-corrected chi connectivity index (χ4v) is 3.65. The van der Waals surface area contributed by atoms with Gasteiger partial charge in [-0.3, -0.25) is 18.7 Å². The molecular weight excluding hydrogens is 374 g/mol. The van der Waals surface area contributed by atoms with Gasteiger partial charge in [0.05, 0.1) is 0 Å². The molecule has 0 aliphatic rings. The molecule has 0 fully saturated rings. The Kier molecular flexibility index (Phi) is 4.30. The van der Waals surface area contributed by atoms with Crippen LogP contribution in [0.1, 0.15) is 5.69 Å². The summed E-state index contributed by atoms with van der Waals surface area (Å²) in [5.74, 6) is 0. The van der Waals surface area contributed by atoms with E-state index in [4.69, 9.17) is 0 Å². The highest BCUT2D eigenvalue weighted by molar-refractivity contribution is 9.10. The van der Waals surface area contributed by atoms with Crippen LogP contribution in [0.25, 0.3) is 0 Å². The largest absolute Gasteiger partial charge is 0.330 e. The normalized spacial score (nSPS) is 11.5. The maximum Gasteiger partial charge on any atom is 0.330 e. The topological polar surface area (TPSA) is 90.2 Å². The van der Waals surface area contributed by atoms with Crippen LogP contribution in [0.5, 0.6) is 0 Å². The van der Waals surface area contributed by atoms with Crippen LogP contribution in [0.15, 0.2) is 43.2 Å². The molecule has 1 aromatic carbocycles. The van der Waals surface area contributed by atoms with Gasteiger partial charge in [0.15, 0.2) is 4.90 Å².